The largest absolute Gasteiger partial charge is 0.342 e. The van der Waals surface area contributed by atoms with Crippen LogP contribution < -0.4 is 5.32 Å². The van der Waals surface area contributed by atoms with E-state index >= 15 is 0 Å². The van der Waals surface area contributed by atoms with Crippen LogP contribution >= 0.6 is 12.4 Å². The molecule has 1 aliphatic carbocycles. The van der Waals surface area contributed by atoms with Gasteiger partial charge in [0.2, 0.25) is 5.91 Å². The Morgan fingerprint density at radius 1 is 1.20 bits per heavy atom. The number of hydrogen-bond acceptors (Lipinski definition) is 2. The first-order valence-corrected chi connectivity index (χ1v) is 8.27. The van der Waals surface area contributed by atoms with Gasteiger partial charge in [0.1, 0.15) is 0 Å². The molecule has 2 aliphatic heterocycles. The summed E-state index contributed by atoms with van der Waals surface area (Å²) in [6, 6.07) is 0. The molecule has 0 aromatic rings. The summed E-state index contributed by atoms with van der Waals surface area (Å²) >= 11 is 0. The van der Waals surface area contributed by atoms with E-state index in [2.05, 4.69) is 17.1 Å². The molecule has 1 saturated carbocycles. The minimum absolute atomic E-state index is 0. The van der Waals surface area contributed by atoms with Crippen molar-refractivity contribution in [1.29, 1.82) is 0 Å². The fourth-order valence-corrected chi connectivity index (χ4v) is 4.38. The summed E-state index contributed by atoms with van der Waals surface area (Å²) in [5.74, 6) is 3.05. The molecule has 3 atom stereocenters. The molecule has 3 fully saturated rings. The number of carbonyl (C=O) groups excluding carboxylic acids is 1. The number of halogens is 1. The molecule has 2 saturated heterocycles. The van der Waals surface area contributed by atoms with Crippen molar-refractivity contribution < 1.29 is 4.79 Å². The quantitative estimate of drug-likeness (QED) is 0.866. The van der Waals surface area contributed by atoms with Gasteiger partial charge in [0.15, 0.2) is 0 Å². The van der Waals surface area contributed by atoms with Crippen LogP contribution in [0, 0.1) is 23.7 Å². The number of nitrogens with one attached hydrogen (secondary N) is 1. The average Bonchev–Trinajstić information content (AvgIpc) is 3.10. The Kier molecular flexibility index (Phi) is 5.74. The number of fused-ring (bicyclic) bond motifs is 1. The van der Waals surface area contributed by atoms with Gasteiger partial charge >= 0.3 is 0 Å². The van der Waals surface area contributed by atoms with E-state index in [1.807, 2.05) is 0 Å². The lowest BCUT2D eigenvalue weighted by Gasteiger charge is -2.25. The molecule has 1 N–H and O–H groups in total. The molecule has 1 unspecified atom stereocenters. The highest BCUT2D eigenvalue weighted by Gasteiger charge is 2.39. The topological polar surface area (TPSA) is 32.3 Å². The first-order valence-electron chi connectivity index (χ1n) is 8.27. The highest BCUT2D eigenvalue weighted by atomic mass is 35.5. The van der Waals surface area contributed by atoms with Crippen LogP contribution in [0.3, 0.4) is 0 Å². The van der Waals surface area contributed by atoms with Crippen LogP contribution in [0.15, 0.2) is 0 Å². The van der Waals surface area contributed by atoms with Crippen molar-refractivity contribution >= 4 is 18.3 Å². The van der Waals surface area contributed by atoms with E-state index in [0.717, 1.165) is 56.8 Å². The van der Waals surface area contributed by atoms with Gasteiger partial charge in [-0.1, -0.05) is 32.6 Å². The normalized spacial score (nSPS) is 31.1. The van der Waals surface area contributed by atoms with E-state index in [1.54, 1.807) is 0 Å². The lowest BCUT2D eigenvalue weighted by Crippen LogP contribution is -2.37. The summed E-state index contributed by atoms with van der Waals surface area (Å²) in [6.07, 6.45) is 7.67. The summed E-state index contributed by atoms with van der Waals surface area (Å²) in [5, 5.41) is 3.45. The van der Waals surface area contributed by atoms with E-state index in [-0.39, 0.29) is 12.4 Å². The molecule has 4 heteroatoms. The van der Waals surface area contributed by atoms with Crippen LogP contribution in [-0.2, 0) is 4.79 Å². The van der Waals surface area contributed by atoms with Crippen LogP contribution in [0.1, 0.15) is 45.4 Å². The molecule has 20 heavy (non-hydrogen) atoms. The smallest absolute Gasteiger partial charge is 0.225 e. The second-order valence-corrected chi connectivity index (χ2v) is 6.91. The van der Waals surface area contributed by atoms with Crippen molar-refractivity contribution in [3.63, 3.8) is 0 Å². The third-order valence-corrected chi connectivity index (χ3v) is 5.64. The zero-order valence-corrected chi connectivity index (χ0v) is 13.5. The number of nitrogens with zero attached hydrogens (tertiary/aromatic N) is 1. The van der Waals surface area contributed by atoms with Gasteiger partial charge in [0.25, 0.3) is 0 Å². The minimum Gasteiger partial charge on any atom is -0.342 e. The van der Waals surface area contributed by atoms with Crippen LogP contribution in [0.25, 0.3) is 0 Å². The Hall–Kier alpha value is -0.280. The summed E-state index contributed by atoms with van der Waals surface area (Å²) in [4.78, 5) is 14.9. The van der Waals surface area contributed by atoms with Gasteiger partial charge in [-0.05, 0) is 30.6 Å². The molecule has 3 rings (SSSR count). The van der Waals surface area contributed by atoms with E-state index in [1.165, 1.54) is 25.7 Å². The van der Waals surface area contributed by atoms with Crippen molar-refractivity contribution in [1.82, 2.24) is 10.2 Å². The Labute approximate surface area is 129 Å². The van der Waals surface area contributed by atoms with Crippen molar-refractivity contribution in [3.05, 3.63) is 0 Å². The monoisotopic (exact) mass is 300 g/mol. The number of likely N-dealkylation sites (tertiary alicyclic amines) is 1. The maximum absolute atomic E-state index is 12.7. The molecule has 0 radical (unpaired) electrons. The molecule has 0 aromatic heterocycles. The third kappa shape index (κ3) is 3.30. The first kappa shape index (κ1) is 16.1. The number of hydrogen-bond donors (Lipinski definition) is 1. The van der Waals surface area contributed by atoms with Crippen LogP contribution in [0.5, 0.6) is 0 Å². The highest BCUT2D eigenvalue weighted by Crippen LogP contribution is 2.33. The molecular weight excluding hydrogens is 272 g/mol. The van der Waals surface area contributed by atoms with Crippen molar-refractivity contribution in [3.8, 4) is 0 Å². The summed E-state index contributed by atoms with van der Waals surface area (Å²) < 4.78 is 0. The predicted molar refractivity (Wildman–Crippen MR) is 84.0 cm³/mol. The Morgan fingerprint density at radius 2 is 1.80 bits per heavy atom. The molecular formula is C16H29ClN2O. The first-order chi connectivity index (χ1) is 9.28. The maximum atomic E-state index is 12.7. The second-order valence-electron chi connectivity index (χ2n) is 6.91. The Balaban J connectivity index is 0.00000147. The van der Waals surface area contributed by atoms with Crippen molar-refractivity contribution in [2.75, 3.05) is 26.2 Å². The van der Waals surface area contributed by atoms with Gasteiger partial charge in [-0.15, -0.1) is 12.4 Å². The fourth-order valence-electron chi connectivity index (χ4n) is 4.38. The zero-order chi connectivity index (χ0) is 13.2. The van der Waals surface area contributed by atoms with Crippen LogP contribution in [0.4, 0.5) is 0 Å². The molecule has 1 amide bonds. The van der Waals surface area contributed by atoms with Gasteiger partial charge < -0.3 is 10.2 Å². The molecule has 0 bridgehead atoms. The van der Waals surface area contributed by atoms with Crippen molar-refractivity contribution in [2.24, 2.45) is 23.7 Å². The molecule has 0 spiro atoms. The van der Waals surface area contributed by atoms with E-state index in [9.17, 15) is 4.79 Å². The standard InChI is InChI=1S/C16H28N2O.ClH/c1-2-13(7-12-5-3-4-6-12)16(19)18-10-14-8-17-9-15(14)11-18;/h12-15,17H,2-11H2,1H3;1H/t13?,14-,15+;. The van der Waals surface area contributed by atoms with Crippen LogP contribution in [-0.4, -0.2) is 37.0 Å². The lowest BCUT2D eigenvalue weighted by atomic mass is 9.90. The van der Waals surface area contributed by atoms with E-state index in [4.69, 9.17) is 0 Å². The summed E-state index contributed by atoms with van der Waals surface area (Å²) in [7, 11) is 0. The van der Waals surface area contributed by atoms with Gasteiger partial charge in [-0.2, -0.15) is 0 Å². The number of amides is 1. The molecule has 116 valence electrons. The average molecular weight is 301 g/mol. The van der Waals surface area contributed by atoms with Crippen molar-refractivity contribution in [2.45, 2.75) is 45.4 Å². The van der Waals surface area contributed by atoms with Crippen LogP contribution in [0.2, 0.25) is 0 Å². The molecule has 2 heterocycles. The lowest BCUT2D eigenvalue weighted by molar-refractivity contribution is -0.135. The number of rotatable bonds is 4. The second kappa shape index (κ2) is 7.13. The SMILES string of the molecule is CCC(CC1CCCC1)C(=O)N1C[C@H]2CNC[C@H]2C1.Cl. The summed E-state index contributed by atoms with van der Waals surface area (Å²) in [5.41, 5.74) is 0. The van der Waals surface area contributed by atoms with Gasteiger partial charge in [0.05, 0.1) is 0 Å². The number of carbonyl (C=O) groups is 1. The van der Waals surface area contributed by atoms with Gasteiger partial charge in [-0.3, -0.25) is 4.79 Å². The maximum Gasteiger partial charge on any atom is 0.225 e. The Bertz CT molecular complexity index is 318. The fraction of sp³-hybridized carbons (Fsp3) is 0.938. The van der Waals surface area contributed by atoms with Gasteiger partial charge in [-0.25, -0.2) is 0 Å². The molecule has 0 aromatic carbocycles. The van der Waals surface area contributed by atoms with E-state index in [0.29, 0.717) is 11.8 Å². The summed E-state index contributed by atoms with van der Waals surface area (Å²) in [6.45, 7) is 6.45. The predicted octanol–water partition coefficient (Wildman–Crippen LogP) is 2.69. The highest BCUT2D eigenvalue weighted by molar-refractivity contribution is 5.85. The van der Waals surface area contributed by atoms with Gasteiger partial charge in [0, 0.05) is 32.1 Å². The zero-order valence-electron chi connectivity index (χ0n) is 12.6. The Morgan fingerprint density at radius 3 is 2.35 bits per heavy atom. The minimum atomic E-state index is 0. The molecule has 3 nitrogen and oxygen atoms in total. The van der Waals surface area contributed by atoms with E-state index < -0.39 is 0 Å². The third-order valence-electron chi connectivity index (χ3n) is 5.64. The molecule has 3 aliphatic rings.